The van der Waals surface area contributed by atoms with Crippen LogP contribution in [-0.2, 0) is 23.9 Å². The largest absolute Gasteiger partial charge is 0.459 e. The summed E-state index contributed by atoms with van der Waals surface area (Å²) in [6.45, 7) is 8.96. The predicted octanol–water partition coefficient (Wildman–Crippen LogP) is 2.99. The van der Waals surface area contributed by atoms with Crippen LogP contribution in [-0.4, -0.2) is 32.8 Å². The normalized spacial score (nSPS) is 34.8. The summed E-state index contributed by atoms with van der Waals surface area (Å²) in [4.78, 5) is 37.7. The zero-order valence-electron chi connectivity index (χ0n) is 14.1. The number of halogens is 1. The molecule has 1 unspecified atom stereocenters. The highest BCUT2D eigenvalue weighted by Crippen LogP contribution is 2.54. The molecule has 2 aliphatic rings. The number of esters is 2. The maximum absolute atomic E-state index is 13.0. The van der Waals surface area contributed by atoms with Gasteiger partial charge in [0, 0.05) is 16.3 Å². The van der Waals surface area contributed by atoms with Crippen LogP contribution in [0.4, 0.5) is 0 Å². The fraction of sp³-hybridized carbons (Fsp3) is 0.706. The van der Waals surface area contributed by atoms with Gasteiger partial charge in [-0.2, -0.15) is 0 Å². The lowest BCUT2D eigenvalue weighted by atomic mass is 9.64. The summed E-state index contributed by atoms with van der Waals surface area (Å²) in [6, 6.07) is 0. The highest BCUT2D eigenvalue weighted by Gasteiger charge is 2.68. The molecule has 1 heterocycles. The summed E-state index contributed by atoms with van der Waals surface area (Å²) in [7, 11) is 0. The van der Waals surface area contributed by atoms with Crippen LogP contribution in [0.1, 0.15) is 47.5 Å². The Balaban J connectivity index is 2.52. The van der Waals surface area contributed by atoms with Gasteiger partial charge in [-0.1, -0.05) is 29.5 Å². The lowest BCUT2D eigenvalue weighted by Gasteiger charge is -2.37. The van der Waals surface area contributed by atoms with Crippen LogP contribution in [0.25, 0.3) is 0 Å². The molecule has 0 N–H and O–H groups in total. The van der Waals surface area contributed by atoms with Crippen molar-refractivity contribution in [3.8, 4) is 0 Å². The zero-order chi connectivity index (χ0) is 17.6. The van der Waals surface area contributed by atoms with E-state index in [1.807, 2.05) is 6.92 Å². The minimum absolute atomic E-state index is 0.0519. The van der Waals surface area contributed by atoms with E-state index in [0.717, 1.165) is 0 Å². The number of ketones is 1. The number of rotatable bonds is 3. The van der Waals surface area contributed by atoms with E-state index in [4.69, 9.17) is 9.47 Å². The summed E-state index contributed by atoms with van der Waals surface area (Å²) < 4.78 is 11.2. The Morgan fingerprint density at radius 1 is 1.48 bits per heavy atom. The zero-order valence-corrected chi connectivity index (χ0v) is 16.3. The van der Waals surface area contributed by atoms with Crippen LogP contribution >= 0.6 is 22.6 Å². The molecule has 1 aliphatic carbocycles. The Morgan fingerprint density at radius 2 is 2.09 bits per heavy atom. The van der Waals surface area contributed by atoms with Gasteiger partial charge in [0.05, 0.1) is 0 Å². The molecule has 0 bridgehead atoms. The van der Waals surface area contributed by atoms with E-state index in [1.165, 1.54) is 6.08 Å². The van der Waals surface area contributed by atoms with Crippen molar-refractivity contribution in [3.63, 3.8) is 0 Å². The quantitative estimate of drug-likeness (QED) is 0.296. The Labute approximate surface area is 150 Å². The molecule has 1 aliphatic heterocycles. The molecule has 0 spiro atoms. The molecule has 23 heavy (non-hydrogen) atoms. The molecule has 4 atom stereocenters. The molecule has 5 nitrogen and oxygen atoms in total. The van der Waals surface area contributed by atoms with Crippen LogP contribution in [0, 0.1) is 11.3 Å². The molecule has 1 fully saturated rings. The Hall–Kier alpha value is -0.920. The molecular weight excluding hydrogens is 411 g/mol. The van der Waals surface area contributed by atoms with Crippen molar-refractivity contribution in [2.45, 2.75) is 62.6 Å². The maximum atomic E-state index is 13.0. The van der Waals surface area contributed by atoms with Crippen molar-refractivity contribution in [3.05, 3.63) is 12.2 Å². The lowest BCUT2D eigenvalue weighted by Crippen LogP contribution is -2.50. The van der Waals surface area contributed by atoms with Gasteiger partial charge in [-0.05, 0) is 46.3 Å². The number of carbonyl (C=O) groups is 3. The minimum atomic E-state index is -1.43. The highest BCUT2D eigenvalue weighted by molar-refractivity contribution is 14.1. The van der Waals surface area contributed by atoms with Crippen molar-refractivity contribution in [1.29, 1.82) is 0 Å². The number of allylic oxidation sites excluding steroid dienone is 1. The first-order chi connectivity index (χ1) is 10.4. The topological polar surface area (TPSA) is 69.7 Å². The molecule has 0 aromatic rings. The van der Waals surface area contributed by atoms with Gasteiger partial charge in [0.2, 0.25) is 0 Å². The fourth-order valence-corrected chi connectivity index (χ4v) is 4.09. The minimum Gasteiger partial charge on any atom is -0.459 e. The smallest absolute Gasteiger partial charge is 0.324 e. The second kappa shape index (κ2) is 5.86. The van der Waals surface area contributed by atoms with Gasteiger partial charge >= 0.3 is 11.9 Å². The van der Waals surface area contributed by atoms with Gasteiger partial charge in [-0.3, -0.25) is 14.4 Å². The standard InChI is InChI=1S/C17H23IO5/c1-10(18)9-17(13(20)22-15(2,3)4)12-8-11(19)6-7-16(12,5)23-14(17)21/h6-7,10,12H,8-9H2,1-5H3/t10?,12-,16+,17+/m0/s1. The summed E-state index contributed by atoms with van der Waals surface area (Å²) in [5.41, 5.74) is -3.08. The van der Waals surface area contributed by atoms with E-state index < -0.39 is 34.5 Å². The third kappa shape index (κ3) is 3.32. The number of carbonyl (C=O) groups excluding carboxylic acids is 3. The Kier molecular flexibility index (Phi) is 4.69. The van der Waals surface area contributed by atoms with Crippen LogP contribution in [0.15, 0.2) is 12.2 Å². The monoisotopic (exact) mass is 434 g/mol. The van der Waals surface area contributed by atoms with Crippen LogP contribution < -0.4 is 0 Å². The summed E-state index contributed by atoms with van der Waals surface area (Å²) in [5.74, 6) is -1.80. The first-order valence-corrected chi connectivity index (χ1v) is 8.98. The fourth-order valence-electron chi connectivity index (χ4n) is 3.40. The van der Waals surface area contributed by atoms with Crippen molar-refractivity contribution in [1.82, 2.24) is 0 Å². The predicted molar refractivity (Wildman–Crippen MR) is 93.1 cm³/mol. The van der Waals surface area contributed by atoms with Crippen molar-refractivity contribution < 1.29 is 23.9 Å². The average Bonchev–Trinajstić information content (AvgIpc) is 2.57. The Morgan fingerprint density at radius 3 is 2.61 bits per heavy atom. The number of hydrogen-bond acceptors (Lipinski definition) is 5. The second-order valence-corrected chi connectivity index (χ2v) is 9.71. The van der Waals surface area contributed by atoms with Gasteiger partial charge in [0.15, 0.2) is 11.2 Å². The number of alkyl halides is 1. The first-order valence-electron chi connectivity index (χ1n) is 7.74. The van der Waals surface area contributed by atoms with Crippen LogP contribution in [0.2, 0.25) is 0 Å². The average molecular weight is 434 g/mol. The third-order valence-corrected chi connectivity index (χ3v) is 4.78. The summed E-state index contributed by atoms with van der Waals surface area (Å²) in [5, 5.41) is 0. The molecule has 0 aromatic carbocycles. The van der Waals surface area contributed by atoms with Crippen LogP contribution in [0.3, 0.4) is 0 Å². The third-order valence-electron chi connectivity index (χ3n) is 4.34. The Bertz CT molecular complexity index is 574. The highest BCUT2D eigenvalue weighted by atomic mass is 127. The first kappa shape index (κ1) is 18.4. The second-order valence-electron chi connectivity index (χ2n) is 7.59. The van der Waals surface area contributed by atoms with Gasteiger partial charge < -0.3 is 9.47 Å². The van der Waals surface area contributed by atoms with Gasteiger partial charge in [-0.25, -0.2) is 0 Å². The lowest BCUT2D eigenvalue weighted by molar-refractivity contribution is -0.175. The van der Waals surface area contributed by atoms with E-state index in [-0.39, 0.29) is 16.1 Å². The molecule has 0 amide bonds. The van der Waals surface area contributed by atoms with E-state index >= 15 is 0 Å². The molecule has 1 saturated heterocycles. The summed E-state index contributed by atoms with van der Waals surface area (Å²) >= 11 is 2.18. The van der Waals surface area contributed by atoms with Gasteiger partial charge in [-0.15, -0.1) is 0 Å². The van der Waals surface area contributed by atoms with Gasteiger partial charge in [0.25, 0.3) is 0 Å². The van der Waals surface area contributed by atoms with Crippen molar-refractivity contribution in [2.24, 2.45) is 11.3 Å². The molecule has 2 rings (SSSR count). The van der Waals surface area contributed by atoms with Crippen molar-refractivity contribution >= 4 is 40.3 Å². The number of hydrogen-bond donors (Lipinski definition) is 0. The van der Waals surface area contributed by atoms with E-state index in [2.05, 4.69) is 22.6 Å². The number of fused-ring (bicyclic) bond motifs is 1. The molecule has 0 aromatic heterocycles. The van der Waals surface area contributed by atoms with Gasteiger partial charge in [0.1, 0.15) is 11.2 Å². The van der Waals surface area contributed by atoms with E-state index in [9.17, 15) is 14.4 Å². The van der Waals surface area contributed by atoms with Crippen LogP contribution in [0.5, 0.6) is 0 Å². The molecular formula is C17H23IO5. The SMILES string of the molecule is CC(I)C[C@@]1(C(=O)OC(C)(C)C)C(=O)O[C@]2(C)C=CC(=O)C[C@H]12. The molecule has 0 saturated carbocycles. The molecule has 128 valence electrons. The van der Waals surface area contributed by atoms with Crippen molar-refractivity contribution in [2.75, 3.05) is 0 Å². The molecule has 6 heteroatoms. The number of ether oxygens (including phenoxy) is 2. The molecule has 0 radical (unpaired) electrons. The maximum Gasteiger partial charge on any atom is 0.324 e. The van der Waals surface area contributed by atoms with E-state index in [1.54, 1.807) is 33.8 Å². The van der Waals surface area contributed by atoms with E-state index in [0.29, 0.717) is 6.42 Å². The summed E-state index contributed by atoms with van der Waals surface area (Å²) in [6.07, 6.45) is 3.44.